The number of aryl methyl sites for hydroxylation is 1. The van der Waals surface area contributed by atoms with Gasteiger partial charge in [0.2, 0.25) is 0 Å². The standard InChI is InChI=1S/C22H36N4O/c1-4-23-22(26-15-18(11-13-27)14-17(2)3)24-12-7-8-19-16-25-21-10-6-5-9-20(19)21/h5-6,9-10,16-18,25,27H,4,7-8,11-15H2,1-3H3,(H2,23,24,26). The molecule has 2 rings (SSSR count). The molecule has 0 bridgehead atoms. The fourth-order valence-corrected chi connectivity index (χ4v) is 3.52. The summed E-state index contributed by atoms with van der Waals surface area (Å²) in [6.07, 6.45) is 6.14. The van der Waals surface area contributed by atoms with E-state index in [1.165, 1.54) is 16.5 Å². The molecule has 27 heavy (non-hydrogen) atoms. The lowest BCUT2D eigenvalue weighted by molar-refractivity contribution is 0.245. The number of aliphatic hydroxyl groups is 1. The Morgan fingerprint density at radius 2 is 2.04 bits per heavy atom. The molecule has 2 aromatic rings. The molecule has 0 aliphatic carbocycles. The maximum atomic E-state index is 9.27. The number of hydrogen-bond donors (Lipinski definition) is 4. The van der Waals surface area contributed by atoms with Gasteiger partial charge in [-0.15, -0.1) is 0 Å². The average molecular weight is 373 g/mol. The number of nitrogens with zero attached hydrogens (tertiary/aromatic N) is 1. The van der Waals surface area contributed by atoms with Crippen molar-refractivity contribution in [3.05, 3.63) is 36.0 Å². The third kappa shape index (κ3) is 7.25. The molecule has 1 unspecified atom stereocenters. The largest absolute Gasteiger partial charge is 0.396 e. The van der Waals surface area contributed by atoms with Crippen molar-refractivity contribution in [3.8, 4) is 0 Å². The van der Waals surface area contributed by atoms with E-state index in [-0.39, 0.29) is 6.61 Å². The van der Waals surface area contributed by atoms with Gasteiger partial charge in [0.1, 0.15) is 0 Å². The van der Waals surface area contributed by atoms with Gasteiger partial charge in [0.05, 0.1) is 0 Å². The number of fused-ring (bicyclic) bond motifs is 1. The summed E-state index contributed by atoms with van der Waals surface area (Å²) in [6.45, 7) is 9.27. The molecule has 0 radical (unpaired) electrons. The van der Waals surface area contributed by atoms with Crippen molar-refractivity contribution in [2.24, 2.45) is 16.8 Å². The molecule has 4 N–H and O–H groups in total. The zero-order valence-electron chi connectivity index (χ0n) is 17.1. The van der Waals surface area contributed by atoms with Crippen LogP contribution in [0.25, 0.3) is 10.9 Å². The van der Waals surface area contributed by atoms with Crippen LogP contribution in [0.5, 0.6) is 0 Å². The number of para-hydroxylation sites is 1. The monoisotopic (exact) mass is 372 g/mol. The molecule has 150 valence electrons. The minimum absolute atomic E-state index is 0.238. The predicted molar refractivity (Wildman–Crippen MR) is 115 cm³/mol. The Bertz CT molecular complexity index is 692. The van der Waals surface area contributed by atoms with Crippen LogP contribution < -0.4 is 10.6 Å². The predicted octanol–water partition coefficient (Wildman–Crippen LogP) is 3.70. The summed E-state index contributed by atoms with van der Waals surface area (Å²) in [5.41, 5.74) is 2.57. The van der Waals surface area contributed by atoms with Gasteiger partial charge in [-0.2, -0.15) is 0 Å². The minimum atomic E-state index is 0.238. The molecule has 1 heterocycles. The number of aliphatic imine (C=N–C) groups is 1. The summed E-state index contributed by atoms with van der Waals surface area (Å²) in [5.74, 6) is 1.95. The number of benzene rings is 1. The van der Waals surface area contributed by atoms with Gasteiger partial charge in [-0.1, -0.05) is 32.0 Å². The number of rotatable bonds is 11. The van der Waals surface area contributed by atoms with Crippen LogP contribution in [0, 0.1) is 11.8 Å². The molecule has 5 nitrogen and oxygen atoms in total. The molecule has 0 aliphatic rings. The first-order chi connectivity index (χ1) is 13.1. The Morgan fingerprint density at radius 3 is 2.78 bits per heavy atom. The van der Waals surface area contributed by atoms with Crippen LogP contribution in [0.1, 0.15) is 45.6 Å². The highest BCUT2D eigenvalue weighted by Gasteiger charge is 2.10. The molecule has 5 heteroatoms. The fourth-order valence-electron chi connectivity index (χ4n) is 3.52. The molecule has 1 aromatic carbocycles. The molecule has 0 saturated heterocycles. The Hall–Kier alpha value is -2.01. The summed E-state index contributed by atoms with van der Waals surface area (Å²) < 4.78 is 0. The molecule has 0 aliphatic heterocycles. The third-order valence-corrected chi connectivity index (χ3v) is 4.78. The van der Waals surface area contributed by atoms with Crippen molar-refractivity contribution < 1.29 is 5.11 Å². The topological polar surface area (TPSA) is 72.4 Å². The number of nitrogens with one attached hydrogen (secondary N) is 3. The second-order valence-electron chi connectivity index (χ2n) is 7.62. The quantitative estimate of drug-likeness (QED) is 0.276. The van der Waals surface area contributed by atoms with E-state index in [1.54, 1.807) is 0 Å². The van der Waals surface area contributed by atoms with Gasteiger partial charge in [-0.25, -0.2) is 0 Å². The fraction of sp³-hybridized carbons (Fsp3) is 0.591. The maximum absolute atomic E-state index is 9.27. The van der Waals surface area contributed by atoms with Gasteiger partial charge in [0.25, 0.3) is 0 Å². The summed E-state index contributed by atoms with van der Waals surface area (Å²) in [7, 11) is 0. The first-order valence-electron chi connectivity index (χ1n) is 10.3. The lowest BCUT2D eigenvalue weighted by Gasteiger charge is -2.17. The SMILES string of the molecule is CCNC(=NCC(CCO)CC(C)C)NCCCc1c[nH]c2ccccc12. The van der Waals surface area contributed by atoms with Crippen LogP contribution in [0.4, 0.5) is 0 Å². The van der Waals surface area contributed by atoms with Gasteiger partial charge >= 0.3 is 0 Å². The van der Waals surface area contributed by atoms with E-state index in [0.717, 1.165) is 51.3 Å². The van der Waals surface area contributed by atoms with Crippen molar-refractivity contribution in [2.75, 3.05) is 26.2 Å². The van der Waals surface area contributed by atoms with Crippen molar-refractivity contribution in [3.63, 3.8) is 0 Å². The van der Waals surface area contributed by atoms with E-state index >= 15 is 0 Å². The van der Waals surface area contributed by atoms with Crippen LogP contribution in [0.3, 0.4) is 0 Å². The van der Waals surface area contributed by atoms with E-state index in [2.05, 4.69) is 66.9 Å². The van der Waals surface area contributed by atoms with E-state index in [1.807, 2.05) is 0 Å². The van der Waals surface area contributed by atoms with Crippen LogP contribution in [-0.2, 0) is 6.42 Å². The van der Waals surface area contributed by atoms with Crippen LogP contribution in [0.15, 0.2) is 35.5 Å². The number of aliphatic hydroxyl groups excluding tert-OH is 1. The Kier molecular flexibility index (Phi) is 9.19. The number of aromatic nitrogens is 1. The highest BCUT2D eigenvalue weighted by atomic mass is 16.3. The summed E-state index contributed by atoms with van der Waals surface area (Å²) in [6, 6.07) is 8.45. The lowest BCUT2D eigenvalue weighted by atomic mass is 9.94. The molecule has 0 saturated carbocycles. The van der Waals surface area contributed by atoms with Crippen LogP contribution >= 0.6 is 0 Å². The van der Waals surface area contributed by atoms with Gasteiger partial charge in [-0.3, -0.25) is 4.99 Å². The number of H-pyrrole nitrogens is 1. The van der Waals surface area contributed by atoms with E-state index in [9.17, 15) is 5.11 Å². The van der Waals surface area contributed by atoms with Crippen molar-refractivity contribution in [2.45, 2.75) is 46.5 Å². The summed E-state index contributed by atoms with van der Waals surface area (Å²) in [5, 5.41) is 17.4. The highest BCUT2D eigenvalue weighted by molar-refractivity contribution is 5.83. The Morgan fingerprint density at radius 1 is 1.22 bits per heavy atom. The normalized spacial score (nSPS) is 13.3. The molecule has 0 amide bonds. The second kappa shape index (κ2) is 11.7. The van der Waals surface area contributed by atoms with Crippen LogP contribution in [0.2, 0.25) is 0 Å². The zero-order chi connectivity index (χ0) is 19.5. The third-order valence-electron chi connectivity index (χ3n) is 4.78. The Balaban J connectivity index is 1.82. The van der Waals surface area contributed by atoms with E-state index in [0.29, 0.717) is 11.8 Å². The number of guanidine groups is 1. The lowest BCUT2D eigenvalue weighted by Crippen LogP contribution is -2.38. The first-order valence-corrected chi connectivity index (χ1v) is 10.3. The van der Waals surface area contributed by atoms with Crippen molar-refractivity contribution in [1.82, 2.24) is 15.6 Å². The summed E-state index contributed by atoms with van der Waals surface area (Å²) in [4.78, 5) is 8.09. The van der Waals surface area contributed by atoms with Gasteiger partial charge in [-0.05, 0) is 56.1 Å². The van der Waals surface area contributed by atoms with Gasteiger partial charge in [0.15, 0.2) is 5.96 Å². The average Bonchev–Trinajstić information content (AvgIpc) is 3.06. The van der Waals surface area contributed by atoms with Gasteiger partial charge < -0.3 is 20.7 Å². The molecule has 0 spiro atoms. The minimum Gasteiger partial charge on any atom is -0.396 e. The van der Waals surface area contributed by atoms with E-state index in [4.69, 9.17) is 4.99 Å². The molecule has 0 fully saturated rings. The van der Waals surface area contributed by atoms with Crippen molar-refractivity contribution in [1.29, 1.82) is 0 Å². The van der Waals surface area contributed by atoms with Crippen LogP contribution in [-0.4, -0.2) is 42.3 Å². The highest BCUT2D eigenvalue weighted by Crippen LogP contribution is 2.18. The second-order valence-corrected chi connectivity index (χ2v) is 7.62. The molecular formula is C22H36N4O. The zero-order valence-corrected chi connectivity index (χ0v) is 17.1. The first kappa shape index (κ1) is 21.3. The van der Waals surface area contributed by atoms with Crippen molar-refractivity contribution >= 4 is 16.9 Å². The molecule has 1 aromatic heterocycles. The Labute approximate surface area is 163 Å². The molecule has 1 atom stereocenters. The van der Waals surface area contributed by atoms with Gasteiger partial charge in [0, 0.05) is 43.3 Å². The number of hydrogen-bond acceptors (Lipinski definition) is 2. The smallest absolute Gasteiger partial charge is 0.191 e. The number of aromatic amines is 1. The maximum Gasteiger partial charge on any atom is 0.191 e. The molecular weight excluding hydrogens is 336 g/mol. The van der Waals surface area contributed by atoms with E-state index < -0.39 is 0 Å². The summed E-state index contributed by atoms with van der Waals surface area (Å²) >= 11 is 0.